The number of para-hydroxylation sites is 1. The number of ether oxygens (including phenoxy) is 1. The molecule has 152 valence electrons. The zero-order valence-electron chi connectivity index (χ0n) is 16.5. The van der Waals surface area contributed by atoms with Crippen molar-refractivity contribution in [3.63, 3.8) is 0 Å². The number of carbonyl (C=O) groups is 2. The van der Waals surface area contributed by atoms with Gasteiger partial charge in [-0.3, -0.25) is 4.79 Å². The maximum Gasteiger partial charge on any atom is 0.354 e. The van der Waals surface area contributed by atoms with Gasteiger partial charge in [0.15, 0.2) is 0 Å². The number of aromatic nitrogens is 2. The minimum absolute atomic E-state index is 0.0532. The Morgan fingerprint density at radius 2 is 1.79 bits per heavy atom. The number of hydrogen-bond donors (Lipinski definition) is 0. The topological polar surface area (TPSA) is 59.7 Å². The number of rotatable bonds is 4. The van der Waals surface area contributed by atoms with Crippen LogP contribution in [-0.2, 0) is 23.1 Å². The Labute approximate surface area is 167 Å². The number of methoxy groups -OCH3 is 1. The molecule has 3 heterocycles. The standard InChI is InChI=1S/C21H23FN4O3/c1-23-8-7-17-18(23)13-19(21(28)29-2)26(17)14-20(27)25-11-9-24(10-12-25)16-6-4-3-5-15(16)22/h3-8,13H,9-12,14H2,1-2H3. The molecule has 29 heavy (non-hydrogen) atoms. The average Bonchev–Trinajstić information content (AvgIpc) is 3.28. The molecule has 1 aliphatic heterocycles. The predicted octanol–water partition coefficient (Wildman–Crippen LogP) is 2.25. The Morgan fingerprint density at radius 1 is 1.07 bits per heavy atom. The van der Waals surface area contributed by atoms with E-state index < -0.39 is 5.97 Å². The van der Waals surface area contributed by atoms with E-state index in [0.29, 0.717) is 37.6 Å². The van der Waals surface area contributed by atoms with Gasteiger partial charge in [0, 0.05) is 39.4 Å². The fourth-order valence-corrected chi connectivity index (χ4v) is 3.85. The van der Waals surface area contributed by atoms with Gasteiger partial charge in [-0.05, 0) is 24.3 Å². The number of nitrogens with zero attached hydrogens (tertiary/aromatic N) is 4. The molecule has 7 nitrogen and oxygen atoms in total. The SMILES string of the molecule is COC(=O)c1cc2c(ccn2C)n1CC(=O)N1CCN(c2ccccc2F)CC1. The van der Waals surface area contributed by atoms with Gasteiger partial charge in [0.2, 0.25) is 5.91 Å². The number of piperazine rings is 1. The van der Waals surface area contributed by atoms with E-state index in [4.69, 9.17) is 4.74 Å². The molecule has 0 unspecified atom stereocenters. The number of aryl methyl sites for hydroxylation is 1. The van der Waals surface area contributed by atoms with Crippen molar-refractivity contribution < 1.29 is 18.7 Å². The Bertz CT molecular complexity index is 1060. The van der Waals surface area contributed by atoms with E-state index in [2.05, 4.69) is 0 Å². The molecule has 1 amide bonds. The summed E-state index contributed by atoms with van der Waals surface area (Å²) in [7, 11) is 3.21. The number of halogens is 1. The van der Waals surface area contributed by atoms with Gasteiger partial charge in [0.05, 0.1) is 23.8 Å². The zero-order chi connectivity index (χ0) is 20.5. The van der Waals surface area contributed by atoms with Gasteiger partial charge in [-0.25, -0.2) is 9.18 Å². The lowest BCUT2D eigenvalue weighted by molar-refractivity contribution is -0.132. The van der Waals surface area contributed by atoms with Crippen molar-refractivity contribution in [2.75, 3.05) is 38.2 Å². The van der Waals surface area contributed by atoms with E-state index >= 15 is 0 Å². The molecular weight excluding hydrogens is 375 g/mol. The van der Waals surface area contributed by atoms with Crippen LogP contribution in [0.5, 0.6) is 0 Å². The highest BCUT2D eigenvalue weighted by molar-refractivity contribution is 5.96. The largest absolute Gasteiger partial charge is 0.464 e. The first-order chi connectivity index (χ1) is 14.0. The molecule has 1 aromatic carbocycles. The lowest BCUT2D eigenvalue weighted by Gasteiger charge is -2.36. The zero-order valence-corrected chi connectivity index (χ0v) is 16.5. The molecule has 0 atom stereocenters. The van der Waals surface area contributed by atoms with Crippen LogP contribution in [0.2, 0.25) is 0 Å². The van der Waals surface area contributed by atoms with Gasteiger partial charge in [-0.1, -0.05) is 12.1 Å². The molecule has 0 aliphatic carbocycles. The van der Waals surface area contributed by atoms with E-state index in [1.54, 1.807) is 33.7 Å². The summed E-state index contributed by atoms with van der Waals surface area (Å²) < 4.78 is 22.5. The average molecular weight is 398 g/mol. The maximum atomic E-state index is 14.0. The third-order valence-corrected chi connectivity index (χ3v) is 5.47. The molecule has 1 fully saturated rings. The van der Waals surface area contributed by atoms with Crippen molar-refractivity contribution in [1.29, 1.82) is 0 Å². The van der Waals surface area contributed by atoms with Crippen LogP contribution >= 0.6 is 0 Å². The molecule has 8 heteroatoms. The monoisotopic (exact) mass is 398 g/mol. The van der Waals surface area contributed by atoms with Gasteiger partial charge in [0.1, 0.15) is 18.1 Å². The minimum atomic E-state index is -0.474. The molecule has 4 rings (SSSR count). The fourth-order valence-electron chi connectivity index (χ4n) is 3.85. The van der Waals surface area contributed by atoms with Crippen molar-refractivity contribution in [2.24, 2.45) is 7.05 Å². The Kier molecular flexibility index (Phi) is 5.00. The summed E-state index contributed by atoms with van der Waals surface area (Å²) in [5.41, 5.74) is 2.59. The van der Waals surface area contributed by atoms with Crippen molar-refractivity contribution in [1.82, 2.24) is 14.0 Å². The normalized spacial score (nSPS) is 14.4. The molecule has 0 saturated carbocycles. The smallest absolute Gasteiger partial charge is 0.354 e. The minimum Gasteiger partial charge on any atom is -0.464 e. The number of amides is 1. The lowest BCUT2D eigenvalue weighted by Crippen LogP contribution is -2.50. The number of carbonyl (C=O) groups excluding carboxylic acids is 2. The third kappa shape index (κ3) is 3.46. The van der Waals surface area contributed by atoms with Crippen molar-refractivity contribution >= 4 is 28.6 Å². The molecule has 0 bridgehead atoms. The van der Waals surface area contributed by atoms with Gasteiger partial charge < -0.3 is 23.7 Å². The van der Waals surface area contributed by atoms with Crippen LogP contribution in [0.4, 0.5) is 10.1 Å². The summed E-state index contributed by atoms with van der Waals surface area (Å²) in [6.45, 7) is 2.17. The predicted molar refractivity (Wildman–Crippen MR) is 107 cm³/mol. The van der Waals surface area contributed by atoms with Crippen molar-refractivity contribution in [3.05, 3.63) is 54.1 Å². The van der Waals surface area contributed by atoms with Crippen LogP contribution < -0.4 is 4.90 Å². The lowest BCUT2D eigenvalue weighted by atomic mass is 10.2. The summed E-state index contributed by atoms with van der Waals surface area (Å²) in [5.74, 6) is -0.808. The van der Waals surface area contributed by atoms with Crippen LogP contribution in [0, 0.1) is 5.82 Å². The van der Waals surface area contributed by atoms with E-state index in [-0.39, 0.29) is 18.3 Å². The Morgan fingerprint density at radius 3 is 2.48 bits per heavy atom. The van der Waals surface area contributed by atoms with E-state index in [9.17, 15) is 14.0 Å². The molecule has 0 spiro atoms. The van der Waals surface area contributed by atoms with E-state index in [1.165, 1.54) is 13.2 Å². The Hall–Kier alpha value is -3.29. The number of fused-ring (bicyclic) bond motifs is 1. The first-order valence-electron chi connectivity index (χ1n) is 9.49. The van der Waals surface area contributed by atoms with Crippen molar-refractivity contribution in [2.45, 2.75) is 6.54 Å². The molecule has 1 aliphatic rings. The van der Waals surface area contributed by atoms with Gasteiger partial charge in [-0.15, -0.1) is 0 Å². The van der Waals surface area contributed by atoms with E-state index in [0.717, 1.165) is 11.0 Å². The van der Waals surface area contributed by atoms with Crippen LogP contribution in [0.1, 0.15) is 10.5 Å². The quantitative estimate of drug-likeness (QED) is 0.633. The van der Waals surface area contributed by atoms with E-state index in [1.807, 2.05) is 28.8 Å². The number of hydrogen-bond acceptors (Lipinski definition) is 4. The third-order valence-electron chi connectivity index (χ3n) is 5.47. The highest BCUT2D eigenvalue weighted by atomic mass is 19.1. The second kappa shape index (κ2) is 7.62. The maximum absolute atomic E-state index is 14.0. The molecule has 0 radical (unpaired) electrons. The highest BCUT2D eigenvalue weighted by Gasteiger charge is 2.25. The summed E-state index contributed by atoms with van der Waals surface area (Å²) in [4.78, 5) is 28.8. The first-order valence-corrected chi connectivity index (χ1v) is 9.49. The van der Waals surface area contributed by atoms with Crippen LogP contribution in [0.3, 0.4) is 0 Å². The van der Waals surface area contributed by atoms with Gasteiger partial charge >= 0.3 is 5.97 Å². The molecule has 2 aromatic heterocycles. The summed E-state index contributed by atoms with van der Waals surface area (Å²) in [6.07, 6.45) is 1.89. The van der Waals surface area contributed by atoms with Crippen molar-refractivity contribution in [3.8, 4) is 0 Å². The summed E-state index contributed by atoms with van der Waals surface area (Å²) in [6, 6.07) is 10.3. The second-order valence-corrected chi connectivity index (χ2v) is 7.12. The van der Waals surface area contributed by atoms with Crippen LogP contribution in [-0.4, -0.2) is 59.2 Å². The molecule has 3 aromatic rings. The highest BCUT2D eigenvalue weighted by Crippen LogP contribution is 2.23. The number of benzene rings is 1. The van der Waals surface area contributed by atoms with Gasteiger partial charge in [0.25, 0.3) is 0 Å². The molecule has 0 N–H and O–H groups in total. The molecular formula is C21H23FN4O3. The fraction of sp³-hybridized carbons (Fsp3) is 0.333. The first kappa shape index (κ1) is 19.0. The number of anilines is 1. The van der Waals surface area contributed by atoms with Crippen LogP contribution in [0.25, 0.3) is 11.0 Å². The summed E-state index contributed by atoms with van der Waals surface area (Å²) >= 11 is 0. The van der Waals surface area contributed by atoms with Gasteiger partial charge in [-0.2, -0.15) is 0 Å². The Balaban J connectivity index is 1.49. The van der Waals surface area contributed by atoms with Crippen LogP contribution in [0.15, 0.2) is 42.6 Å². The summed E-state index contributed by atoms with van der Waals surface area (Å²) in [5, 5.41) is 0. The molecule has 1 saturated heterocycles. The number of esters is 1. The second-order valence-electron chi connectivity index (χ2n) is 7.12.